The molecular formula is C14H11N. The summed E-state index contributed by atoms with van der Waals surface area (Å²) in [5.41, 5.74) is 14.7. The summed E-state index contributed by atoms with van der Waals surface area (Å²) >= 11 is 0. The SMILES string of the molecule is NC1=CC=C(C2=CC=CC=C=C2)C=C=C1. The van der Waals surface area contributed by atoms with Gasteiger partial charge in [0.25, 0.3) is 0 Å². The lowest BCUT2D eigenvalue weighted by Gasteiger charge is -1.98. The molecule has 2 aliphatic rings. The van der Waals surface area contributed by atoms with Gasteiger partial charge in [0.1, 0.15) is 0 Å². The largest absolute Gasteiger partial charge is 0.398 e. The smallest absolute Gasteiger partial charge is 0.0392 e. The van der Waals surface area contributed by atoms with Crippen molar-refractivity contribution in [3.05, 3.63) is 83.0 Å². The van der Waals surface area contributed by atoms with Gasteiger partial charge in [-0.1, -0.05) is 24.3 Å². The molecule has 0 atom stereocenters. The van der Waals surface area contributed by atoms with E-state index in [0.29, 0.717) is 5.70 Å². The number of allylic oxidation sites excluding steroid dienone is 9. The topological polar surface area (TPSA) is 26.0 Å². The van der Waals surface area contributed by atoms with Gasteiger partial charge in [-0.25, -0.2) is 0 Å². The van der Waals surface area contributed by atoms with Crippen LogP contribution in [0.25, 0.3) is 0 Å². The summed E-state index contributed by atoms with van der Waals surface area (Å²) in [7, 11) is 0. The Balaban J connectivity index is 2.41. The quantitative estimate of drug-likeness (QED) is 0.636. The van der Waals surface area contributed by atoms with Crippen molar-refractivity contribution in [2.75, 3.05) is 0 Å². The molecule has 0 amide bonds. The molecule has 0 fully saturated rings. The van der Waals surface area contributed by atoms with Crippen molar-refractivity contribution in [1.82, 2.24) is 0 Å². The molecule has 0 saturated carbocycles. The van der Waals surface area contributed by atoms with Gasteiger partial charge in [0.15, 0.2) is 0 Å². The second kappa shape index (κ2) is 4.34. The van der Waals surface area contributed by atoms with E-state index in [1.165, 1.54) is 0 Å². The molecule has 0 spiro atoms. The average Bonchev–Trinajstić information content (AvgIpc) is 2.59. The first-order valence-corrected chi connectivity index (χ1v) is 4.76. The van der Waals surface area contributed by atoms with Crippen LogP contribution >= 0.6 is 0 Å². The Labute approximate surface area is 89.3 Å². The van der Waals surface area contributed by atoms with E-state index < -0.39 is 0 Å². The van der Waals surface area contributed by atoms with Gasteiger partial charge < -0.3 is 5.73 Å². The van der Waals surface area contributed by atoms with Gasteiger partial charge >= 0.3 is 0 Å². The molecule has 2 aliphatic carbocycles. The third-order valence-electron chi connectivity index (χ3n) is 2.10. The summed E-state index contributed by atoms with van der Waals surface area (Å²) < 4.78 is 0. The molecule has 1 nitrogen and oxygen atoms in total. The molecule has 0 heterocycles. The summed E-state index contributed by atoms with van der Waals surface area (Å²) in [5.74, 6) is 0. The Bertz CT molecular complexity index is 510. The first-order chi connectivity index (χ1) is 7.36. The van der Waals surface area contributed by atoms with Crippen LogP contribution in [-0.4, -0.2) is 0 Å². The molecule has 0 aromatic carbocycles. The van der Waals surface area contributed by atoms with E-state index in [-0.39, 0.29) is 0 Å². The van der Waals surface area contributed by atoms with Gasteiger partial charge in [-0.15, -0.1) is 11.5 Å². The molecule has 0 radical (unpaired) electrons. The minimum Gasteiger partial charge on any atom is -0.398 e. The molecule has 2 N–H and O–H groups in total. The average molecular weight is 193 g/mol. The highest BCUT2D eigenvalue weighted by atomic mass is 14.5. The van der Waals surface area contributed by atoms with Crippen molar-refractivity contribution in [1.29, 1.82) is 0 Å². The summed E-state index contributed by atoms with van der Waals surface area (Å²) in [6, 6.07) is 0. The lowest BCUT2D eigenvalue weighted by molar-refractivity contribution is 1.43. The van der Waals surface area contributed by atoms with Crippen LogP contribution in [0.4, 0.5) is 0 Å². The van der Waals surface area contributed by atoms with E-state index in [4.69, 9.17) is 5.73 Å². The standard InChI is InChI=1S/C14H11N/c15-14-9-5-8-13(10-11-14)12-6-3-1-2-4-7-12/h1-3,6-11H,15H2. The third-order valence-corrected chi connectivity index (χ3v) is 2.10. The first-order valence-electron chi connectivity index (χ1n) is 4.76. The Hall–Kier alpha value is -2.20. The van der Waals surface area contributed by atoms with Crippen LogP contribution in [0, 0.1) is 0 Å². The van der Waals surface area contributed by atoms with Crippen molar-refractivity contribution in [3.8, 4) is 0 Å². The minimum absolute atomic E-state index is 0.713. The maximum atomic E-state index is 5.67. The second-order valence-electron chi connectivity index (χ2n) is 3.23. The fourth-order valence-electron chi connectivity index (χ4n) is 1.33. The maximum absolute atomic E-state index is 5.67. The molecule has 0 unspecified atom stereocenters. The predicted molar refractivity (Wildman–Crippen MR) is 62.9 cm³/mol. The molecule has 1 heteroatoms. The van der Waals surface area contributed by atoms with Crippen LogP contribution in [0.2, 0.25) is 0 Å². The van der Waals surface area contributed by atoms with Gasteiger partial charge in [0, 0.05) is 11.8 Å². The van der Waals surface area contributed by atoms with Crippen molar-refractivity contribution in [2.45, 2.75) is 0 Å². The zero-order valence-electron chi connectivity index (χ0n) is 8.27. The molecule has 0 bridgehead atoms. The van der Waals surface area contributed by atoms with Crippen LogP contribution in [0.15, 0.2) is 83.0 Å². The van der Waals surface area contributed by atoms with Crippen molar-refractivity contribution in [3.63, 3.8) is 0 Å². The van der Waals surface area contributed by atoms with Crippen molar-refractivity contribution >= 4 is 0 Å². The van der Waals surface area contributed by atoms with E-state index >= 15 is 0 Å². The molecule has 0 aliphatic heterocycles. The van der Waals surface area contributed by atoms with Crippen LogP contribution in [-0.2, 0) is 0 Å². The number of hydrogen-bond acceptors (Lipinski definition) is 1. The predicted octanol–water partition coefficient (Wildman–Crippen LogP) is 2.69. The summed E-state index contributed by atoms with van der Waals surface area (Å²) in [6.45, 7) is 0. The highest BCUT2D eigenvalue weighted by Crippen LogP contribution is 2.16. The lowest BCUT2D eigenvalue weighted by atomic mass is 10.1. The zero-order valence-corrected chi connectivity index (χ0v) is 8.27. The number of rotatable bonds is 1. The molecule has 15 heavy (non-hydrogen) atoms. The summed E-state index contributed by atoms with van der Waals surface area (Å²) in [6.07, 6.45) is 17.3. The molecule has 0 aromatic heterocycles. The zero-order chi connectivity index (χ0) is 10.5. The van der Waals surface area contributed by atoms with Crippen LogP contribution < -0.4 is 5.73 Å². The van der Waals surface area contributed by atoms with Crippen molar-refractivity contribution in [2.24, 2.45) is 5.73 Å². The monoisotopic (exact) mass is 193 g/mol. The van der Waals surface area contributed by atoms with Gasteiger partial charge in [-0.3, -0.25) is 0 Å². The Morgan fingerprint density at radius 2 is 1.60 bits per heavy atom. The summed E-state index contributed by atoms with van der Waals surface area (Å²) in [5, 5.41) is 0. The number of nitrogens with two attached hydrogens (primary N) is 1. The molecule has 0 saturated heterocycles. The van der Waals surface area contributed by atoms with E-state index in [2.05, 4.69) is 11.5 Å². The fraction of sp³-hybridized carbons (Fsp3) is 0. The lowest BCUT2D eigenvalue weighted by Crippen LogP contribution is -1.89. The van der Waals surface area contributed by atoms with Crippen LogP contribution in [0.1, 0.15) is 0 Å². The molecular weight excluding hydrogens is 182 g/mol. The molecule has 72 valence electrons. The van der Waals surface area contributed by atoms with Gasteiger partial charge in [-0.2, -0.15) is 0 Å². The van der Waals surface area contributed by atoms with Gasteiger partial charge in [0.2, 0.25) is 0 Å². The Morgan fingerprint density at radius 3 is 2.53 bits per heavy atom. The van der Waals surface area contributed by atoms with E-state index in [1.807, 2.05) is 48.6 Å². The maximum Gasteiger partial charge on any atom is 0.0392 e. The number of hydrogen-bond donors (Lipinski definition) is 1. The van der Waals surface area contributed by atoms with Crippen LogP contribution in [0.5, 0.6) is 0 Å². The van der Waals surface area contributed by atoms with Gasteiger partial charge in [-0.05, 0) is 35.5 Å². The van der Waals surface area contributed by atoms with E-state index in [1.54, 1.807) is 6.08 Å². The highest BCUT2D eigenvalue weighted by molar-refractivity contribution is 5.51. The van der Waals surface area contributed by atoms with Gasteiger partial charge in [0.05, 0.1) is 0 Å². The van der Waals surface area contributed by atoms with Crippen molar-refractivity contribution < 1.29 is 0 Å². The molecule has 0 aromatic rings. The minimum atomic E-state index is 0.713. The Kier molecular flexibility index (Phi) is 2.71. The van der Waals surface area contributed by atoms with Crippen LogP contribution in [0.3, 0.4) is 0 Å². The highest BCUT2D eigenvalue weighted by Gasteiger charge is 1.98. The van der Waals surface area contributed by atoms with E-state index in [0.717, 1.165) is 11.1 Å². The first kappa shape index (κ1) is 9.36. The Morgan fingerprint density at radius 1 is 0.800 bits per heavy atom. The van der Waals surface area contributed by atoms with E-state index in [9.17, 15) is 0 Å². The fourth-order valence-corrected chi connectivity index (χ4v) is 1.33. The second-order valence-corrected chi connectivity index (χ2v) is 3.23. The molecule has 2 rings (SSSR count). The third kappa shape index (κ3) is 2.38. The summed E-state index contributed by atoms with van der Waals surface area (Å²) in [4.78, 5) is 0. The normalized spacial score (nSPS) is 18.0.